The van der Waals surface area contributed by atoms with E-state index in [-0.39, 0.29) is 17.2 Å². The first-order valence-electron chi connectivity index (χ1n) is 9.59. The highest BCUT2D eigenvalue weighted by Gasteiger charge is 2.36. The Kier molecular flexibility index (Phi) is 7.53. The molecule has 0 radical (unpaired) electrons. The van der Waals surface area contributed by atoms with E-state index in [1.807, 2.05) is 0 Å². The van der Waals surface area contributed by atoms with Gasteiger partial charge >= 0.3 is 6.18 Å². The number of anilines is 1. The fraction of sp³-hybridized carbons (Fsp3) is 0.174. The third-order valence-corrected chi connectivity index (χ3v) is 5.35. The van der Waals surface area contributed by atoms with Crippen LogP contribution in [0.15, 0.2) is 47.4 Å². The molecule has 0 spiro atoms. The monoisotopic (exact) mass is 490 g/mol. The molecular formula is C23H17F3N2O5S. The van der Waals surface area contributed by atoms with Crippen molar-refractivity contribution in [1.82, 2.24) is 4.90 Å². The molecule has 176 valence electrons. The number of carbonyl (C=O) groups is 3. The van der Waals surface area contributed by atoms with Gasteiger partial charge in [0.05, 0.1) is 17.6 Å². The summed E-state index contributed by atoms with van der Waals surface area (Å²) in [6.45, 7) is -0.613. The topological polar surface area (TPSA) is 84.9 Å². The van der Waals surface area contributed by atoms with Gasteiger partial charge in [-0.1, -0.05) is 18.1 Å². The number of hydrogen-bond acceptors (Lipinski definition) is 6. The van der Waals surface area contributed by atoms with E-state index in [4.69, 9.17) is 15.9 Å². The number of ether oxygens (including phenoxy) is 2. The minimum Gasteiger partial charge on any atom is -0.493 e. The van der Waals surface area contributed by atoms with Gasteiger partial charge in [0.1, 0.15) is 13.2 Å². The van der Waals surface area contributed by atoms with Gasteiger partial charge in [0.2, 0.25) is 5.91 Å². The highest BCUT2D eigenvalue weighted by Crippen LogP contribution is 2.35. The van der Waals surface area contributed by atoms with Crippen molar-refractivity contribution in [2.45, 2.75) is 6.18 Å². The van der Waals surface area contributed by atoms with Gasteiger partial charge in [0.15, 0.2) is 11.5 Å². The van der Waals surface area contributed by atoms with Crippen LogP contribution < -0.4 is 14.8 Å². The third-order valence-electron chi connectivity index (χ3n) is 4.45. The van der Waals surface area contributed by atoms with Crippen LogP contribution in [0, 0.1) is 12.3 Å². The van der Waals surface area contributed by atoms with Gasteiger partial charge in [-0.25, -0.2) is 0 Å². The molecule has 0 saturated carbocycles. The van der Waals surface area contributed by atoms with Gasteiger partial charge in [-0.15, -0.1) is 6.42 Å². The lowest BCUT2D eigenvalue weighted by atomic mass is 10.2. The lowest BCUT2D eigenvalue weighted by Crippen LogP contribution is -2.36. The number of thioether (sulfide) groups is 1. The molecule has 11 heteroatoms. The van der Waals surface area contributed by atoms with Crippen molar-refractivity contribution >= 4 is 40.6 Å². The van der Waals surface area contributed by atoms with E-state index in [1.54, 1.807) is 18.2 Å². The van der Waals surface area contributed by atoms with Gasteiger partial charge in [0.25, 0.3) is 11.1 Å². The normalized spacial score (nSPS) is 14.8. The van der Waals surface area contributed by atoms with Crippen LogP contribution in [-0.2, 0) is 15.8 Å². The molecule has 1 aliphatic rings. The van der Waals surface area contributed by atoms with E-state index < -0.39 is 35.3 Å². The number of amides is 3. The molecule has 1 saturated heterocycles. The summed E-state index contributed by atoms with van der Waals surface area (Å²) in [6.07, 6.45) is 2.04. The van der Waals surface area contributed by atoms with Gasteiger partial charge in [0, 0.05) is 5.69 Å². The van der Waals surface area contributed by atoms with Crippen LogP contribution in [0.1, 0.15) is 11.1 Å². The molecule has 1 fully saturated rings. The van der Waals surface area contributed by atoms with Crippen molar-refractivity contribution < 1.29 is 37.0 Å². The molecule has 34 heavy (non-hydrogen) atoms. The molecule has 2 aromatic carbocycles. The molecule has 1 heterocycles. The minimum absolute atomic E-state index is 0.0388. The first kappa shape index (κ1) is 24.7. The van der Waals surface area contributed by atoms with Gasteiger partial charge in [-0.05, 0) is 53.7 Å². The Morgan fingerprint density at radius 3 is 2.65 bits per heavy atom. The molecule has 1 aliphatic heterocycles. The Labute approximate surface area is 196 Å². The maximum absolute atomic E-state index is 12.8. The van der Waals surface area contributed by atoms with Crippen molar-refractivity contribution in [2.75, 3.05) is 25.6 Å². The van der Waals surface area contributed by atoms with Crippen molar-refractivity contribution in [3.8, 4) is 23.8 Å². The second kappa shape index (κ2) is 10.4. The summed E-state index contributed by atoms with van der Waals surface area (Å²) < 4.78 is 49.1. The molecule has 0 aliphatic carbocycles. The largest absolute Gasteiger partial charge is 0.493 e. The van der Waals surface area contributed by atoms with E-state index in [0.717, 1.165) is 18.2 Å². The van der Waals surface area contributed by atoms with Crippen molar-refractivity contribution in [1.29, 1.82) is 0 Å². The minimum atomic E-state index is -4.58. The number of alkyl halides is 3. The lowest BCUT2D eigenvalue weighted by molar-refractivity contribution is -0.137. The fourth-order valence-electron chi connectivity index (χ4n) is 2.92. The van der Waals surface area contributed by atoms with Crippen LogP contribution in [-0.4, -0.2) is 42.2 Å². The number of halogens is 3. The van der Waals surface area contributed by atoms with Crippen molar-refractivity contribution in [3.05, 3.63) is 58.5 Å². The lowest BCUT2D eigenvalue weighted by Gasteiger charge is -2.13. The summed E-state index contributed by atoms with van der Waals surface area (Å²) in [6, 6.07) is 8.83. The molecule has 3 amide bonds. The number of nitrogens with one attached hydrogen (secondary N) is 1. The summed E-state index contributed by atoms with van der Waals surface area (Å²) in [7, 11) is 1.43. The quantitative estimate of drug-likeness (QED) is 0.458. The van der Waals surface area contributed by atoms with E-state index in [1.165, 1.54) is 19.3 Å². The summed E-state index contributed by atoms with van der Waals surface area (Å²) in [5, 5.41) is 1.58. The zero-order valence-electron chi connectivity index (χ0n) is 17.6. The first-order valence-corrected chi connectivity index (χ1v) is 10.4. The number of rotatable bonds is 7. The van der Waals surface area contributed by atoms with Crippen LogP contribution in [0.4, 0.5) is 23.7 Å². The van der Waals surface area contributed by atoms with Crippen LogP contribution in [0.5, 0.6) is 11.5 Å². The number of nitrogens with zero attached hydrogens (tertiary/aromatic N) is 1. The highest BCUT2D eigenvalue weighted by molar-refractivity contribution is 8.18. The van der Waals surface area contributed by atoms with Gasteiger partial charge in [-0.3, -0.25) is 19.3 Å². The Morgan fingerprint density at radius 2 is 1.97 bits per heavy atom. The standard InChI is InChI=1S/C23H17F3N2O5S/c1-3-9-33-17-8-7-14(10-18(17)32-2)11-19-21(30)28(22(31)34-19)13-20(29)27-16-6-4-5-15(12-16)23(24,25)26/h1,4-8,10-12H,9,13H2,2H3,(H,27,29)/b19-11-. The van der Waals surface area contributed by atoms with E-state index in [0.29, 0.717) is 33.7 Å². The molecule has 0 aromatic heterocycles. The van der Waals surface area contributed by atoms with E-state index in [2.05, 4.69) is 11.2 Å². The molecule has 0 bridgehead atoms. The predicted molar refractivity (Wildman–Crippen MR) is 120 cm³/mol. The zero-order chi connectivity index (χ0) is 24.9. The Bertz CT molecular complexity index is 1200. The van der Waals surface area contributed by atoms with Crippen LogP contribution in [0.25, 0.3) is 6.08 Å². The smallest absolute Gasteiger partial charge is 0.416 e. The molecule has 2 aromatic rings. The summed E-state index contributed by atoms with van der Waals surface area (Å²) in [4.78, 5) is 38.0. The average molecular weight is 490 g/mol. The third kappa shape index (κ3) is 5.90. The Hall–Kier alpha value is -3.91. The number of terminal acetylenes is 1. The van der Waals surface area contributed by atoms with Crippen molar-refractivity contribution in [3.63, 3.8) is 0 Å². The molecule has 0 atom stereocenters. The maximum Gasteiger partial charge on any atom is 0.416 e. The molecule has 0 unspecified atom stereocenters. The average Bonchev–Trinajstić information content (AvgIpc) is 3.04. The number of benzene rings is 2. The molecule has 3 rings (SSSR count). The van der Waals surface area contributed by atoms with E-state index >= 15 is 0 Å². The highest BCUT2D eigenvalue weighted by atomic mass is 32.2. The summed E-state index contributed by atoms with van der Waals surface area (Å²) >= 11 is 0.633. The first-order chi connectivity index (χ1) is 16.1. The fourth-order valence-corrected chi connectivity index (χ4v) is 3.76. The molecule has 1 N–H and O–H groups in total. The maximum atomic E-state index is 12.8. The van der Waals surface area contributed by atoms with Crippen LogP contribution >= 0.6 is 11.8 Å². The second-order valence-electron chi connectivity index (χ2n) is 6.80. The number of hydrogen-bond donors (Lipinski definition) is 1. The number of methoxy groups -OCH3 is 1. The van der Waals surface area contributed by atoms with Gasteiger partial charge in [-0.2, -0.15) is 13.2 Å². The zero-order valence-corrected chi connectivity index (χ0v) is 18.5. The predicted octanol–water partition coefficient (Wildman–Crippen LogP) is 4.40. The Balaban J connectivity index is 1.70. The van der Waals surface area contributed by atoms with Crippen LogP contribution in [0.2, 0.25) is 0 Å². The summed E-state index contributed by atoms with van der Waals surface area (Å²) in [5.74, 6) is 1.57. The summed E-state index contributed by atoms with van der Waals surface area (Å²) in [5.41, 5.74) is -0.518. The Morgan fingerprint density at radius 1 is 1.21 bits per heavy atom. The van der Waals surface area contributed by atoms with Gasteiger partial charge < -0.3 is 14.8 Å². The number of imide groups is 1. The SMILES string of the molecule is C#CCOc1ccc(/C=C2\SC(=O)N(CC(=O)Nc3cccc(C(F)(F)F)c3)C2=O)cc1OC. The number of carbonyl (C=O) groups excluding carboxylic acids is 3. The van der Waals surface area contributed by atoms with Crippen LogP contribution in [0.3, 0.4) is 0 Å². The van der Waals surface area contributed by atoms with E-state index in [9.17, 15) is 27.6 Å². The second-order valence-corrected chi connectivity index (χ2v) is 7.79. The molecular weight excluding hydrogens is 473 g/mol. The molecule has 7 nitrogen and oxygen atoms in total. The van der Waals surface area contributed by atoms with Crippen molar-refractivity contribution in [2.24, 2.45) is 0 Å².